The number of hydrogen-bond acceptors (Lipinski definition) is 5. The van der Waals surface area contributed by atoms with Crippen molar-refractivity contribution < 1.29 is 28.2 Å². The van der Waals surface area contributed by atoms with Crippen molar-refractivity contribution in [1.29, 1.82) is 0 Å². The summed E-state index contributed by atoms with van der Waals surface area (Å²) in [6.45, 7) is 4.56. The number of carbonyl (C=O) groups is 2. The molecule has 0 aromatic heterocycles. The van der Waals surface area contributed by atoms with Crippen LogP contribution in [0.3, 0.4) is 0 Å². The standard InChI is InChI=1S/C25H25ClN2O6S/c1-14-4-9-19(28-35(33,34)23-11-15(2)21(26)10-16(23)3)12-20(14)17-5-7-18(8-6-17)24(30)27-22(13-29)25(31)32/h4-12,22,28-29H,13H2,1-3H3,(H,27,30)(H,31,32). The Morgan fingerprint density at radius 2 is 1.60 bits per heavy atom. The summed E-state index contributed by atoms with van der Waals surface area (Å²) in [6.07, 6.45) is 0. The third-order valence-electron chi connectivity index (χ3n) is 5.48. The van der Waals surface area contributed by atoms with Gasteiger partial charge in [-0.1, -0.05) is 29.8 Å². The number of nitrogens with one attached hydrogen (secondary N) is 2. The summed E-state index contributed by atoms with van der Waals surface area (Å²) >= 11 is 6.10. The van der Waals surface area contributed by atoms with Crippen LogP contribution in [0.5, 0.6) is 0 Å². The van der Waals surface area contributed by atoms with Crippen LogP contribution >= 0.6 is 11.6 Å². The monoisotopic (exact) mass is 516 g/mol. The molecule has 0 saturated carbocycles. The van der Waals surface area contributed by atoms with Crippen molar-refractivity contribution in [3.63, 3.8) is 0 Å². The van der Waals surface area contributed by atoms with Crippen LogP contribution in [-0.2, 0) is 14.8 Å². The zero-order valence-electron chi connectivity index (χ0n) is 19.3. The van der Waals surface area contributed by atoms with Gasteiger partial charge in [-0.15, -0.1) is 0 Å². The molecule has 10 heteroatoms. The lowest BCUT2D eigenvalue weighted by molar-refractivity contribution is -0.140. The van der Waals surface area contributed by atoms with Crippen LogP contribution in [0, 0.1) is 20.8 Å². The maximum Gasteiger partial charge on any atom is 0.328 e. The third-order valence-corrected chi connectivity index (χ3v) is 7.41. The van der Waals surface area contributed by atoms with Crippen molar-refractivity contribution in [3.8, 4) is 11.1 Å². The number of halogens is 1. The van der Waals surface area contributed by atoms with Crippen molar-refractivity contribution >= 4 is 39.2 Å². The highest BCUT2D eigenvalue weighted by molar-refractivity contribution is 7.92. The van der Waals surface area contributed by atoms with Crippen molar-refractivity contribution in [2.45, 2.75) is 31.7 Å². The first-order valence-electron chi connectivity index (χ1n) is 10.6. The molecule has 184 valence electrons. The lowest BCUT2D eigenvalue weighted by Gasteiger charge is -2.15. The minimum absolute atomic E-state index is 0.138. The van der Waals surface area contributed by atoms with E-state index >= 15 is 0 Å². The van der Waals surface area contributed by atoms with Crippen molar-refractivity contribution in [1.82, 2.24) is 5.32 Å². The van der Waals surface area contributed by atoms with Crippen LogP contribution in [-0.4, -0.2) is 43.2 Å². The third kappa shape index (κ3) is 6.00. The first kappa shape index (κ1) is 26.2. The van der Waals surface area contributed by atoms with E-state index in [4.69, 9.17) is 21.8 Å². The molecule has 0 heterocycles. The molecule has 0 bridgehead atoms. The van der Waals surface area contributed by atoms with Gasteiger partial charge in [0, 0.05) is 16.3 Å². The molecule has 0 aliphatic rings. The summed E-state index contributed by atoms with van der Waals surface area (Å²) in [4.78, 5) is 23.4. The number of carboxylic acid groups (broad SMARTS) is 1. The highest BCUT2D eigenvalue weighted by Crippen LogP contribution is 2.30. The maximum atomic E-state index is 13.0. The fourth-order valence-corrected chi connectivity index (χ4v) is 5.06. The van der Waals surface area contributed by atoms with E-state index in [1.54, 1.807) is 50.2 Å². The molecule has 4 N–H and O–H groups in total. The molecule has 0 aliphatic heterocycles. The lowest BCUT2D eigenvalue weighted by Crippen LogP contribution is -2.43. The lowest BCUT2D eigenvalue weighted by atomic mass is 9.99. The Morgan fingerprint density at radius 1 is 0.943 bits per heavy atom. The molecular weight excluding hydrogens is 492 g/mol. The summed E-state index contributed by atoms with van der Waals surface area (Å²) < 4.78 is 28.7. The fourth-order valence-electron chi connectivity index (χ4n) is 3.48. The Bertz CT molecular complexity index is 1390. The van der Waals surface area contributed by atoms with Gasteiger partial charge in [0.25, 0.3) is 15.9 Å². The number of sulfonamides is 1. The van der Waals surface area contributed by atoms with Crippen LogP contribution in [0.4, 0.5) is 5.69 Å². The van der Waals surface area contributed by atoms with Crippen LogP contribution in [0.15, 0.2) is 59.5 Å². The van der Waals surface area contributed by atoms with E-state index in [2.05, 4.69) is 10.0 Å². The van der Waals surface area contributed by atoms with Crippen LogP contribution in [0.2, 0.25) is 5.02 Å². The van der Waals surface area contributed by atoms with Gasteiger partial charge < -0.3 is 15.5 Å². The van der Waals surface area contributed by atoms with E-state index in [1.165, 1.54) is 18.2 Å². The number of aliphatic hydroxyl groups is 1. The number of anilines is 1. The van der Waals surface area contributed by atoms with Gasteiger partial charge in [-0.3, -0.25) is 9.52 Å². The Kier molecular flexibility index (Phi) is 7.84. The van der Waals surface area contributed by atoms with Gasteiger partial charge >= 0.3 is 5.97 Å². The van der Waals surface area contributed by atoms with Crippen LogP contribution < -0.4 is 10.0 Å². The number of aliphatic carboxylic acids is 1. The normalized spacial score (nSPS) is 12.1. The van der Waals surface area contributed by atoms with E-state index in [-0.39, 0.29) is 10.5 Å². The highest BCUT2D eigenvalue weighted by atomic mass is 35.5. The van der Waals surface area contributed by atoms with Crippen molar-refractivity contribution in [2.75, 3.05) is 11.3 Å². The molecule has 8 nitrogen and oxygen atoms in total. The second-order valence-electron chi connectivity index (χ2n) is 8.13. The summed E-state index contributed by atoms with van der Waals surface area (Å²) in [5, 5.41) is 20.8. The summed E-state index contributed by atoms with van der Waals surface area (Å²) in [6, 6.07) is 13.3. The first-order chi connectivity index (χ1) is 16.4. The highest BCUT2D eigenvalue weighted by Gasteiger charge is 2.21. The molecule has 3 aromatic rings. The van der Waals surface area contributed by atoms with E-state index in [0.29, 0.717) is 21.8 Å². The van der Waals surface area contributed by atoms with Gasteiger partial charge in [-0.25, -0.2) is 13.2 Å². The molecule has 0 aliphatic carbocycles. The second-order valence-corrected chi connectivity index (χ2v) is 10.2. The number of carbonyl (C=O) groups excluding carboxylic acids is 1. The average molecular weight is 517 g/mol. The molecule has 1 unspecified atom stereocenters. The molecule has 0 radical (unpaired) electrons. The van der Waals surface area contributed by atoms with E-state index in [9.17, 15) is 18.0 Å². The van der Waals surface area contributed by atoms with Gasteiger partial charge in [0.2, 0.25) is 0 Å². The Balaban J connectivity index is 1.87. The Labute approximate surface area is 208 Å². The first-order valence-corrected chi connectivity index (χ1v) is 12.4. The fraction of sp³-hybridized carbons (Fsp3) is 0.200. The molecule has 0 fully saturated rings. The van der Waals surface area contributed by atoms with Gasteiger partial charge in [0.1, 0.15) is 0 Å². The minimum Gasteiger partial charge on any atom is -0.480 e. The maximum absolute atomic E-state index is 13.0. The minimum atomic E-state index is -3.86. The summed E-state index contributed by atoms with van der Waals surface area (Å²) in [5.41, 5.74) is 4.13. The largest absolute Gasteiger partial charge is 0.480 e. The topological polar surface area (TPSA) is 133 Å². The van der Waals surface area contributed by atoms with Gasteiger partial charge in [-0.05, 0) is 85.0 Å². The number of aliphatic hydroxyl groups excluding tert-OH is 1. The molecule has 0 spiro atoms. The van der Waals surface area contributed by atoms with Crippen molar-refractivity contribution in [3.05, 3.63) is 81.9 Å². The van der Waals surface area contributed by atoms with Crippen molar-refractivity contribution in [2.24, 2.45) is 0 Å². The van der Waals surface area contributed by atoms with Gasteiger partial charge in [-0.2, -0.15) is 0 Å². The van der Waals surface area contributed by atoms with Crippen LogP contribution in [0.1, 0.15) is 27.0 Å². The SMILES string of the molecule is Cc1cc(S(=O)(=O)Nc2ccc(C)c(-c3ccc(C(=O)NC(CO)C(=O)O)cc3)c2)c(C)cc1Cl. The Hall–Kier alpha value is -3.40. The summed E-state index contributed by atoms with van der Waals surface area (Å²) in [7, 11) is -3.86. The second kappa shape index (κ2) is 10.5. The predicted molar refractivity (Wildman–Crippen MR) is 134 cm³/mol. The smallest absolute Gasteiger partial charge is 0.328 e. The number of carboxylic acids is 1. The quantitative estimate of drug-likeness (QED) is 0.359. The number of benzene rings is 3. The van der Waals surface area contributed by atoms with E-state index < -0.39 is 34.5 Å². The molecular formula is C25H25ClN2O6S. The number of rotatable bonds is 8. The molecule has 35 heavy (non-hydrogen) atoms. The zero-order valence-corrected chi connectivity index (χ0v) is 20.9. The molecule has 3 aromatic carbocycles. The molecule has 0 saturated heterocycles. The van der Waals surface area contributed by atoms with Gasteiger partial charge in [0.05, 0.1) is 11.5 Å². The number of aryl methyl sites for hydroxylation is 3. The Morgan fingerprint density at radius 3 is 2.20 bits per heavy atom. The van der Waals surface area contributed by atoms with E-state index in [0.717, 1.165) is 16.7 Å². The molecule has 3 rings (SSSR count). The van der Waals surface area contributed by atoms with E-state index in [1.807, 2.05) is 6.92 Å². The number of amides is 1. The molecule has 1 atom stereocenters. The summed E-state index contributed by atoms with van der Waals surface area (Å²) in [5.74, 6) is -1.97. The molecule has 1 amide bonds. The zero-order chi connectivity index (χ0) is 25.9. The number of hydrogen-bond donors (Lipinski definition) is 4. The predicted octanol–water partition coefficient (Wildman–Crippen LogP) is 3.91. The van der Waals surface area contributed by atoms with Crippen LogP contribution in [0.25, 0.3) is 11.1 Å². The van der Waals surface area contributed by atoms with Gasteiger partial charge in [0.15, 0.2) is 6.04 Å². The average Bonchev–Trinajstić information content (AvgIpc) is 2.80.